The zero-order chi connectivity index (χ0) is 17.1. The van der Waals surface area contributed by atoms with Crippen molar-refractivity contribution in [2.24, 2.45) is 0 Å². The Labute approximate surface area is 147 Å². The Morgan fingerprint density at radius 3 is 2.64 bits per heavy atom. The van der Waals surface area contributed by atoms with E-state index in [4.69, 9.17) is 9.47 Å². The van der Waals surface area contributed by atoms with Gasteiger partial charge in [-0.2, -0.15) is 5.10 Å². The zero-order valence-electron chi connectivity index (χ0n) is 14.3. The molecule has 1 aliphatic rings. The van der Waals surface area contributed by atoms with Gasteiger partial charge in [0.2, 0.25) is 6.79 Å². The summed E-state index contributed by atoms with van der Waals surface area (Å²) in [5, 5.41) is 4.48. The van der Waals surface area contributed by atoms with Gasteiger partial charge in [0.15, 0.2) is 11.5 Å². The Kier molecular flexibility index (Phi) is 4.39. The predicted octanol–water partition coefficient (Wildman–Crippen LogP) is 3.62. The summed E-state index contributed by atoms with van der Waals surface area (Å²) in [6.07, 6.45) is 4.03. The van der Waals surface area contributed by atoms with Gasteiger partial charge in [0, 0.05) is 24.8 Å². The molecule has 3 aromatic rings. The molecule has 2 heterocycles. The van der Waals surface area contributed by atoms with Gasteiger partial charge in [0.1, 0.15) is 0 Å². The summed E-state index contributed by atoms with van der Waals surface area (Å²) in [5.74, 6) is 1.67. The van der Waals surface area contributed by atoms with Gasteiger partial charge in [-0.3, -0.25) is 4.90 Å². The maximum absolute atomic E-state index is 5.47. The molecule has 1 aliphatic heterocycles. The van der Waals surface area contributed by atoms with E-state index in [0.29, 0.717) is 6.79 Å². The van der Waals surface area contributed by atoms with Gasteiger partial charge in [-0.05, 0) is 36.4 Å². The number of para-hydroxylation sites is 1. The zero-order valence-corrected chi connectivity index (χ0v) is 14.3. The van der Waals surface area contributed by atoms with Gasteiger partial charge in [-0.1, -0.05) is 31.2 Å². The van der Waals surface area contributed by atoms with Gasteiger partial charge >= 0.3 is 0 Å². The molecule has 0 saturated heterocycles. The lowest BCUT2D eigenvalue weighted by Gasteiger charge is -2.19. The molecule has 2 aromatic carbocycles. The minimum atomic E-state index is 0.314. The fourth-order valence-corrected chi connectivity index (χ4v) is 3.00. The Morgan fingerprint density at radius 1 is 1.00 bits per heavy atom. The van der Waals surface area contributed by atoms with Crippen molar-refractivity contribution in [1.29, 1.82) is 0 Å². The van der Waals surface area contributed by atoms with Gasteiger partial charge in [0.05, 0.1) is 11.9 Å². The molecule has 4 rings (SSSR count). The SMILES string of the molecule is CCN(Cc1ccc2c(c1)OCO2)Cc1cnn(-c2ccccc2)c1. The van der Waals surface area contributed by atoms with Crippen LogP contribution < -0.4 is 9.47 Å². The van der Waals surface area contributed by atoms with Crippen molar-refractivity contribution in [3.8, 4) is 17.2 Å². The molecule has 25 heavy (non-hydrogen) atoms. The van der Waals surface area contributed by atoms with Gasteiger partial charge in [-0.25, -0.2) is 4.68 Å². The molecule has 0 bridgehead atoms. The van der Waals surface area contributed by atoms with Crippen LogP contribution in [0.15, 0.2) is 60.9 Å². The van der Waals surface area contributed by atoms with Crippen molar-refractivity contribution in [1.82, 2.24) is 14.7 Å². The second-order valence-electron chi connectivity index (χ2n) is 6.12. The topological polar surface area (TPSA) is 39.5 Å². The average molecular weight is 335 g/mol. The number of benzene rings is 2. The molecule has 0 spiro atoms. The van der Waals surface area contributed by atoms with Crippen LogP contribution in [0.25, 0.3) is 5.69 Å². The number of ether oxygens (including phenoxy) is 2. The van der Waals surface area contributed by atoms with E-state index in [-0.39, 0.29) is 0 Å². The van der Waals surface area contributed by atoms with Gasteiger partial charge in [-0.15, -0.1) is 0 Å². The molecule has 0 N–H and O–H groups in total. The molecule has 0 saturated carbocycles. The van der Waals surface area contributed by atoms with E-state index in [0.717, 1.165) is 36.8 Å². The Hall–Kier alpha value is -2.79. The number of hydrogen-bond donors (Lipinski definition) is 0. The Balaban J connectivity index is 1.45. The monoisotopic (exact) mass is 335 g/mol. The van der Waals surface area contributed by atoms with Crippen molar-refractivity contribution in [2.45, 2.75) is 20.0 Å². The second kappa shape index (κ2) is 6.99. The third-order valence-corrected chi connectivity index (χ3v) is 4.35. The van der Waals surface area contributed by atoms with Crippen LogP contribution in [0.2, 0.25) is 0 Å². The van der Waals surface area contributed by atoms with E-state index in [1.807, 2.05) is 35.1 Å². The van der Waals surface area contributed by atoms with Gasteiger partial charge in [0.25, 0.3) is 0 Å². The maximum Gasteiger partial charge on any atom is 0.231 e. The summed E-state index contributed by atoms with van der Waals surface area (Å²) in [4.78, 5) is 2.38. The highest BCUT2D eigenvalue weighted by atomic mass is 16.7. The molecule has 0 aliphatic carbocycles. The predicted molar refractivity (Wildman–Crippen MR) is 95.9 cm³/mol. The molecule has 0 fully saturated rings. The summed E-state index contributed by atoms with van der Waals surface area (Å²) in [7, 11) is 0. The summed E-state index contributed by atoms with van der Waals surface area (Å²) in [6.45, 7) is 5.18. The molecule has 0 unspecified atom stereocenters. The number of aromatic nitrogens is 2. The lowest BCUT2D eigenvalue weighted by Crippen LogP contribution is -2.22. The number of fused-ring (bicyclic) bond motifs is 1. The molecule has 0 amide bonds. The molecular formula is C20H21N3O2. The summed E-state index contributed by atoms with van der Waals surface area (Å²) < 4.78 is 12.8. The highest BCUT2D eigenvalue weighted by Gasteiger charge is 2.14. The van der Waals surface area contributed by atoms with Gasteiger partial charge < -0.3 is 9.47 Å². The average Bonchev–Trinajstić information content (AvgIpc) is 3.30. The van der Waals surface area contributed by atoms with Crippen molar-refractivity contribution in [3.05, 3.63) is 72.1 Å². The Bertz CT molecular complexity index is 845. The first-order valence-electron chi connectivity index (χ1n) is 8.51. The van der Waals surface area contributed by atoms with E-state index in [2.05, 4.69) is 47.4 Å². The van der Waals surface area contributed by atoms with Crippen LogP contribution in [0.5, 0.6) is 11.5 Å². The molecule has 5 heteroatoms. The summed E-state index contributed by atoms with van der Waals surface area (Å²) in [5.41, 5.74) is 3.50. The lowest BCUT2D eigenvalue weighted by atomic mass is 10.2. The van der Waals surface area contributed by atoms with Crippen LogP contribution >= 0.6 is 0 Å². The lowest BCUT2D eigenvalue weighted by molar-refractivity contribution is 0.174. The van der Waals surface area contributed by atoms with Crippen molar-refractivity contribution < 1.29 is 9.47 Å². The Morgan fingerprint density at radius 2 is 1.80 bits per heavy atom. The van der Waals surface area contributed by atoms with Crippen molar-refractivity contribution in [3.63, 3.8) is 0 Å². The second-order valence-corrected chi connectivity index (χ2v) is 6.12. The van der Waals surface area contributed by atoms with Crippen molar-refractivity contribution >= 4 is 0 Å². The third-order valence-electron chi connectivity index (χ3n) is 4.35. The standard InChI is InChI=1S/C20H21N3O2/c1-2-22(12-16-8-9-19-20(10-16)25-15-24-19)13-17-11-21-23(14-17)18-6-4-3-5-7-18/h3-11,14H,2,12-13,15H2,1H3. The molecule has 0 radical (unpaired) electrons. The van der Waals surface area contributed by atoms with E-state index in [9.17, 15) is 0 Å². The molecule has 5 nitrogen and oxygen atoms in total. The first kappa shape index (κ1) is 15.7. The number of nitrogens with zero attached hydrogens (tertiary/aromatic N) is 3. The third kappa shape index (κ3) is 3.51. The summed E-state index contributed by atoms with van der Waals surface area (Å²) >= 11 is 0. The number of hydrogen-bond acceptors (Lipinski definition) is 4. The van der Waals surface area contributed by atoms with Crippen LogP contribution in [0.3, 0.4) is 0 Å². The van der Waals surface area contributed by atoms with E-state index < -0.39 is 0 Å². The van der Waals surface area contributed by atoms with Crippen LogP contribution in [-0.2, 0) is 13.1 Å². The normalized spacial score (nSPS) is 12.7. The maximum atomic E-state index is 5.47. The van der Waals surface area contributed by atoms with E-state index >= 15 is 0 Å². The van der Waals surface area contributed by atoms with E-state index in [1.54, 1.807) is 0 Å². The quantitative estimate of drug-likeness (QED) is 0.690. The molecular weight excluding hydrogens is 314 g/mol. The minimum absolute atomic E-state index is 0.314. The van der Waals surface area contributed by atoms with Crippen LogP contribution in [-0.4, -0.2) is 28.0 Å². The molecule has 1 aromatic heterocycles. The largest absolute Gasteiger partial charge is 0.454 e. The fraction of sp³-hybridized carbons (Fsp3) is 0.250. The van der Waals surface area contributed by atoms with Crippen LogP contribution in [0.1, 0.15) is 18.1 Å². The summed E-state index contributed by atoms with van der Waals surface area (Å²) in [6, 6.07) is 16.3. The highest BCUT2D eigenvalue weighted by Crippen LogP contribution is 2.32. The first-order valence-corrected chi connectivity index (χ1v) is 8.51. The first-order chi connectivity index (χ1) is 12.3. The fourth-order valence-electron chi connectivity index (χ4n) is 3.00. The smallest absolute Gasteiger partial charge is 0.231 e. The van der Waals surface area contributed by atoms with E-state index in [1.165, 1.54) is 11.1 Å². The van der Waals surface area contributed by atoms with Crippen LogP contribution in [0, 0.1) is 0 Å². The number of rotatable bonds is 6. The highest BCUT2D eigenvalue weighted by molar-refractivity contribution is 5.44. The van der Waals surface area contributed by atoms with Crippen molar-refractivity contribution in [2.75, 3.05) is 13.3 Å². The minimum Gasteiger partial charge on any atom is -0.454 e. The van der Waals surface area contributed by atoms with Crippen LogP contribution in [0.4, 0.5) is 0 Å². The molecule has 128 valence electrons. The molecule has 0 atom stereocenters.